The van der Waals surface area contributed by atoms with Crippen molar-refractivity contribution in [2.75, 3.05) is 150 Å². The molecular weight excluding hydrogens is 1850 g/mol. The predicted octanol–water partition coefficient (Wildman–Crippen LogP) is 24.0. The highest BCUT2D eigenvalue weighted by Gasteiger charge is 2.39. The average molecular weight is 1990 g/mol. The number of carbonyl (C=O) groups excluding carboxylic acids is 6. The third kappa shape index (κ3) is 30.1. The van der Waals surface area contributed by atoms with Crippen molar-refractivity contribution in [1.29, 1.82) is 0 Å². The summed E-state index contributed by atoms with van der Waals surface area (Å²) in [6, 6.07) is 56.1. The number of halogens is 8. The molecule has 0 bridgehead atoms. The van der Waals surface area contributed by atoms with E-state index in [0.717, 1.165) is 172 Å². The molecule has 8 aromatic carbocycles. The van der Waals surface area contributed by atoms with Crippen molar-refractivity contribution in [1.82, 2.24) is 40.0 Å². The zero-order chi connectivity index (χ0) is 96.1. The summed E-state index contributed by atoms with van der Waals surface area (Å²) >= 11 is 51.1. The molecule has 0 saturated carbocycles. The Labute approximate surface area is 834 Å². The van der Waals surface area contributed by atoms with Crippen molar-refractivity contribution >= 4 is 151 Å². The Hall–Kier alpha value is -8.38. The molecule has 7 fully saturated rings. The van der Waals surface area contributed by atoms with Crippen molar-refractivity contribution in [3.8, 4) is 0 Å². The number of piperazine rings is 4. The lowest BCUT2D eigenvalue weighted by Crippen LogP contribution is -2.52. The minimum Gasteiger partial charge on any atom is -0.444 e. The topological polar surface area (TPSA) is 177 Å². The number of nitrogens with zero attached hydrogens (tertiary/aromatic N) is 10. The fourth-order valence-electron chi connectivity index (χ4n) is 18.9. The van der Waals surface area contributed by atoms with Gasteiger partial charge >= 0.3 is 12.2 Å². The molecule has 7 aliphatic rings. The Morgan fingerprint density at radius 3 is 0.955 bits per heavy atom. The molecule has 20 nitrogen and oxygen atoms in total. The van der Waals surface area contributed by atoms with E-state index in [2.05, 4.69) is 90.9 Å². The van der Waals surface area contributed by atoms with Crippen LogP contribution in [0.15, 0.2) is 170 Å². The van der Waals surface area contributed by atoms with Crippen LogP contribution in [-0.4, -0.2) is 207 Å². The van der Waals surface area contributed by atoms with Gasteiger partial charge in [0.25, 0.3) is 0 Å². The summed E-state index contributed by atoms with van der Waals surface area (Å²) in [4.78, 5) is 98.0. The molecule has 7 heterocycles. The quantitative estimate of drug-likeness (QED) is 0.0736. The van der Waals surface area contributed by atoms with Crippen LogP contribution in [-0.2, 0) is 28.7 Å². The van der Waals surface area contributed by atoms with Crippen LogP contribution >= 0.6 is 92.8 Å². The highest BCUT2D eigenvalue weighted by Crippen LogP contribution is 2.43. The molecule has 722 valence electrons. The largest absolute Gasteiger partial charge is 0.444 e. The van der Waals surface area contributed by atoms with Gasteiger partial charge < -0.3 is 69.1 Å². The van der Waals surface area contributed by atoms with Gasteiger partial charge in [0.2, 0.25) is 23.6 Å². The minimum atomic E-state index is -0.508. The first-order chi connectivity index (χ1) is 64.0. The van der Waals surface area contributed by atoms with Gasteiger partial charge in [-0.3, -0.25) is 19.2 Å². The van der Waals surface area contributed by atoms with E-state index in [1.807, 2.05) is 205 Å². The van der Waals surface area contributed by atoms with Gasteiger partial charge in [0, 0.05) is 144 Å². The summed E-state index contributed by atoms with van der Waals surface area (Å²) in [5.41, 5.74) is 12.0. The van der Waals surface area contributed by atoms with Gasteiger partial charge in [-0.15, -0.1) is 0 Å². The second-order valence-electron chi connectivity index (χ2n) is 38.7. The zero-order valence-corrected chi connectivity index (χ0v) is 85.6. The molecule has 6 atom stereocenters. The lowest BCUT2D eigenvalue weighted by molar-refractivity contribution is -0.133. The van der Waals surface area contributed by atoms with E-state index in [9.17, 15) is 28.8 Å². The number of hydrogen-bond acceptors (Lipinski definition) is 14. The Morgan fingerprint density at radius 1 is 0.343 bits per heavy atom. The van der Waals surface area contributed by atoms with Gasteiger partial charge in [0.05, 0.1) is 73.6 Å². The van der Waals surface area contributed by atoms with E-state index < -0.39 is 11.2 Å². The molecule has 2 unspecified atom stereocenters. The number of carbonyl (C=O) groups is 6. The monoisotopic (exact) mass is 1980 g/mol. The number of likely N-dealkylation sites (N-methyl/N-ethyl adjacent to an activating group) is 1. The number of benzene rings is 8. The predicted molar refractivity (Wildman–Crippen MR) is 550 cm³/mol. The van der Waals surface area contributed by atoms with Crippen molar-refractivity contribution in [2.45, 2.75) is 189 Å². The molecule has 7 aliphatic heterocycles. The highest BCUT2D eigenvalue weighted by atomic mass is 35.5. The number of piperidine rings is 3. The van der Waals surface area contributed by atoms with Crippen LogP contribution in [0.2, 0.25) is 40.2 Å². The third-order valence-electron chi connectivity index (χ3n) is 26.3. The van der Waals surface area contributed by atoms with Gasteiger partial charge in [-0.1, -0.05) is 173 Å². The summed E-state index contributed by atoms with van der Waals surface area (Å²) in [5.74, 6) is 2.11. The van der Waals surface area contributed by atoms with Gasteiger partial charge in [0.1, 0.15) is 11.2 Å². The van der Waals surface area contributed by atoms with Crippen LogP contribution in [0.25, 0.3) is 0 Å². The van der Waals surface area contributed by atoms with Crippen LogP contribution < -0.4 is 30.2 Å². The van der Waals surface area contributed by atoms with Crippen LogP contribution in [0.3, 0.4) is 0 Å². The molecular formula is C106H134Cl8N12O8. The molecule has 0 spiro atoms. The van der Waals surface area contributed by atoms with E-state index in [-0.39, 0.29) is 60.0 Å². The van der Waals surface area contributed by atoms with E-state index >= 15 is 0 Å². The minimum absolute atomic E-state index is 0.0118. The zero-order valence-electron chi connectivity index (χ0n) is 79.6. The first kappa shape index (κ1) is 105. The molecule has 8 aromatic rings. The van der Waals surface area contributed by atoms with Crippen LogP contribution in [0, 0.1) is 45.4 Å². The van der Waals surface area contributed by atoms with Crippen molar-refractivity contribution in [3.05, 3.63) is 255 Å². The third-order valence-corrected chi connectivity index (χ3v) is 28.5. The smallest absolute Gasteiger partial charge is 0.410 e. The maximum atomic E-state index is 13.4. The fourth-order valence-corrected chi connectivity index (χ4v) is 20.8. The average Bonchev–Trinajstić information content (AvgIpc) is 0.798. The van der Waals surface area contributed by atoms with Crippen LogP contribution in [0.4, 0.5) is 32.3 Å². The van der Waals surface area contributed by atoms with Crippen LogP contribution in [0.5, 0.6) is 0 Å². The maximum absolute atomic E-state index is 13.4. The van der Waals surface area contributed by atoms with Crippen molar-refractivity contribution in [3.63, 3.8) is 0 Å². The number of hydrogen-bond donors (Lipinski definition) is 2. The Kier molecular flexibility index (Phi) is 38.4. The van der Waals surface area contributed by atoms with Gasteiger partial charge in [-0.05, 0) is 306 Å². The first-order valence-electron chi connectivity index (χ1n) is 47.6. The molecule has 28 heteroatoms. The molecule has 2 N–H and O–H groups in total. The van der Waals surface area contributed by atoms with E-state index in [4.69, 9.17) is 102 Å². The van der Waals surface area contributed by atoms with E-state index in [0.29, 0.717) is 149 Å². The SMILES string of the molecule is CCNCC(=O)N1CCN(c2ccc(C)cc2Cl)[C@H](c2ccc(Cl)cc2)C1.Cc1ccc(N2CCN(C(=O)CCC3CCCN(C(=O)OC(C)(C)C)C3)C[C@H]2c2ccc(Cl)cc2)c(Cl)c1.Cc1ccc(N2CCN(C(=O)CCC3CCCNC3)C[C@H]2c2ccc(Cl)cc2)c(Cl)c1.Cc1ccc(N2CCN(C(=O)CCC3CCN(C(=O)OC(C)(C)C)CC3)C[C@H]2c2ccc(Cl)cc2)c(Cl)c1. The number of anilines is 4. The molecule has 0 radical (unpaired) electrons. The fraction of sp³-hybridized carbons (Fsp3) is 0.491. The molecule has 7 saturated heterocycles. The van der Waals surface area contributed by atoms with Crippen molar-refractivity contribution in [2.24, 2.45) is 17.8 Å². The second kappa shape index (κ2) is 49.3. The lowest BCUT2D eigenvalue weighted by Gasteiger charge is -2.43. The summed E-state index contributed by atoms with van der Waals surface area (Å²) in [6.07, 6.45) is 9.93. The Bertz CT molecular complexity index is 5230. The van der Waals surface area contributed by atoms with Crippen LogP contribution in [0.1, 0.15) is 194 Å². The standard InChI is InChI=1S/2C30H39Cl2N3O3.C25H31Cl2N3O.C21H25Cl2N3O/c1-21-5-11-26(25(32)19-21)35-18-17-34(20-27(35)23-7-9-24(31)10-8-23)28(36)12-6-22-13-15-33(16-14-22)29(37)38-30(2,3)4;1-21-7-13-26(25(32)18-21)35-17-16-33(20-27(35)23-9-11-24(31)12-10-23)28(36)14-8-22-6-5-15-34(19-22)29(37)38-30(2,3)4;1-18-4-10-23(22(27)15-18)30-14-13-29(17-24(30)20-6-8-21(26)9-7-20)25(31)11-5-19-3-2-12-28-16-19;1-3-24-13-21(27)25-10-11-26(19-9-4-15(2)12-18(19)23)20(14-25)16-5-7-17(22)8-6-16/h5,7-11,19,22,27H,6,12-18,20H2,1-4H3;7,9-13,18,22,27H,5-6,8,14-17,19-20H2,1-4H3;4,6-10,15,19,24,28H,2-3,5,11-14,16-17H2,1H3;4-9,12,20,24H,3,10-11,13-14H2,1-2H3/t27-;22?,27-;19?,24-;20-/m0000/s1. The number of amides is 6. The Balaban J connectivity index is 0.000000162. The van der Waals surface area contributed by atoms with E-state index in [1.165, 1.54) is 12.8 Å². The van der Waals surface area contributed by atoms with E-state index in [1.54, 1.807) is 9.80 Å². The molecule has 134 heavy (non-hydrogen) atoms. The lowest BCUT2D eigenvalue weighted by atomic mass is 9.92. The number of aryl methyl sites for hydroxylation is 4. The normalized spacial score (nSPS) is 19.7. The Morgan fingerprint density at radius 2 is 0.649 bits per heavy atom. The second-order valence-corrected chi connectivity index (χ2v) is 42.1. The number of nitrogens with one attached hydrogen (secondary N) is 2. The summed E-state index contributed by atoms with van der Waals surface area (Å²) in [6.45, 7) is 35.5. The maximum Gasteiger partial charge on any atom is 0.410 e. The summed E-state index contributed by atoms with van der Waals surface area (Å²) in [7, 11) is 0. The molecule has 6 amide bonds. The van der Waals surface area contributed by atoms with Gasteiger partial charge in [-0.25, -0.2) is 9.59 Å². The molecule has 0 aromatic heterocycles. The van der Waals surface area contributed by atoms with Gasteiger partial charge in [0.15, 0.2) is 0 Å². The number of ether oxygens (including phenoxy) is 2. The number of likely N-dealkylation sites (tertiary alicyclic amines) is 2. The number of rotatable bonds is 20. The van der Waals surface area contributed by atoms with Crippen molar-refractivity contribution < 1.29 is 38.2 Å². The molecule has 0 aliphatic carbocycles. The summed E-state index contributed by atoms with van der Waals surface area (Å²) < 4.78 is 11.1. The summed E-state index contributed by atoms with van der Waals surface area (Å²) in [5, 5.41) is 12.3. The van der Waals surface area contributed by atoms with Gasteiger partial charge in [-0.2, -0.15) is 0 Å². The first-order valence-corrected chi connectivity index (χ1v) is 50.6. The molecule has 15 rings (SSSR count). The highest BCUT2D eigenvalue weighted by molar-refractivity contribution is 6.35.